The van der Waals surface area contributed by atoms with Crippen LogP contribution in [-0.2, 0) is 0 Å². The van der Waals surface area contributed by atoms with Crippen LogP contribution in [0.5, 0.6) is 0 Å². The number of benzene rings is 1. The summed E-state index contributed by atoms with van der Waals surface area (Å²) in [7, 11) is 0. The van der Waals surface area contributed by atoms with Crippen LogP contribution < -0.4 is 11.1 Å². The first-order valence-corrected chi connectivity index (χ1v) is 5.47. The van der Waals surface area contributed by atoms with Gasteiger partial charge in [-0.3, -0.25) is 15.4 Å². The van der Waals surface area contributed by atoms with Gasteiger partial charge in [-0.2, -0.15) is 0 Å². The minimum atomic E-state index is -1.24. The zero-order chi connectivity index (χ0) is 14.7. The van der Waals surface area contributed by atoms with Crippen LogP contribution in [0.1, 0.15) is 0 Å². The third-order valence-electron chi connectivity index (χ3n) is 2.48. The lowest BCUT2D eigenvalue weighted by atomic mass is 10.1. The number of hydrogen-bond donors (Lipinski definition) is 3. The van der Waals surface area contributed by atoms with Gasteiger partial charge in [0.25, 0.3) is 5.69 Å². The number of hydrogen-bond acceptors (Lipinski definition) is 5. The van der Waals surface area contributed by atoms with Crippen molar-refractivity contribution < 1.29 is 14.8 Å². The SMILES string of the molecule is Nc1cc(-c2ccnc(NC(=O)O)c2)cc([N+](=O)[O-])c1. The lowest BCUT2D eigenvalue weighted by Crippen LogP contribution is -2.08. The fourth-order valence-electron chi connectivity index (χ4n) is 1.69. The van der Waals surface area contributed by atoms with E-state index in [-0.39, 0.29) is 17.2 Å². The average molecular weight is 274 g/mol. The predicted octanol–water partition coefficient (Wildman–Crippen LogP) is 2.33. The molecule has 1 aromatic carbocycles. The molecule has 0 bridgehead atoms. The van der Waals surface area contributed by atoms with Crippen molar-refractivity contribution in [1.29, 1.82) is 0 Å². The summed E-state index contributed by atoms with van der Waals surface area (Å²) in [6.45, 7) is 0. The maximum Gasteiger partial charge on any atom is 0.410 e. The van der Waals surface area contributed by atoms with Crippen LogP contribution in [0.4, 0.5) is 22.0 Å². The highest BCUT2D eigenvalue weighted by atomic mass is 16.6. The summed E-state index contributed by atoms with van der Waals surface area (Å²) in [4.78, 5) is 24.6. The fourth-order valence-corrected chi connectivity index (χ4v) is 1.69. The molecule has 0 aliphatic carbocycles. The molecule has 8 heteroatoms. The van der Waals surface area contributed by atoms with Gasteiger partial charge >= 0.3 is 6.09 Å². The van der Waals surface area contributed by atoms with Crippen molar-refractivity contribution in [3.8, 4) is 11.1 Å². The number of nitrogens with two attached hydrogens (primary N) is 1. The molecule has 0 saturated heterocycles. The Balaban J connectivity index is 2.45. The molecule has 0 aliphatic rings. The van der Waals surface area contributed by atoms with Crippen LogP contribution in [0.15, 0.2) is 36.5 Å². The van der Waals surface area contributed by atoms with Crippen molar-refractivity contribution in [1.82, 2.24) is 4.98 Å². The van der Waals surface area contributed by atoms with Gasteiger partial charge in [0.2, 0.25) is 0 Å². The molecule has 4 N–H and O–H groups in total. The van der Waals surface area contributed by atoms with Crippen molar-refractivity contribution in [2.45, 2.75) is 0 Å². The fraction of sp³-hybridized carbons (Fsp3) is 0. The monoisotopic (exact) mass is 274 g/mol. The molecule has 0 aliphatic heterocycles. The van der Waals surface area contributed by atoms with E-state index in [1.54, 1.807) is 12.1 Å². The third kappa shape index (κ3) is 2.99. The number of nitrogens with zero attached hydrogens (tertiary/aromatic N) is 2. The molecule has 0 unspecified atom stereocenters. The van der Waals surface area contributed by atoms with E-state index in [0.29, 0.717) is 11.1 Å². The summed E-state index contributed by atoms with van der Waals surface area (Å²) in [5, 5.41) is 21.5. The Morgan fingerprint density at radius 2 is 2.05 bits per heavy atom. The van der Waals surface area contributed by atoms with E-state index < -0.39 is 11.0 Å². The Morgan fingerprint density at radius 3 is 2.70 bits per heavy atom. The van der Waals surface area contributed by atoms with Crippen molar-refractivity contribution >= 4 is 23.3 Å². The highest BCUT2D eigenvalue weighted by Gasteiger charge is 2.10. The molecule has 20 heavy (non-hydrogen) atoms. The zero-order valence-corrected chi connectivity index (χ0v) is 10.1. The second-order valence-corrected chi connectivity index (χ2v) is 3.93. The smallest absolute Gasteiger partial charge is 0.410 e. The summed E-state index contributed by atoms with van der Waals surface area (Å²) in [5.74, 6) is 0.125. The molecule has 0 atom stereocenters. The van der Waals surface area contributed by atoms with Gasteiger partial charge in [-0.05, 0) is 29.3 Å². The number of nitro benzene ring substituents is 1. The molecule has 0 spiro atoms. The van der Waals surface area contributed by atoms with E-state index in [2.05, 4.69) is 10.3 Å². The lowest BCUT2D eigenvalue weighted by molar-refractivity contribution is -0.384. The maximum absolute atomic E-state index is 10.8. The maximum atomic E-state index is 10.8. The summed E-state index contributed by atoms with van der Waals surface area (Å²) in [6.07, 6.45) is 0.156. The summed E-state index contributed by atoms with van der Waals surface area (Å²) >= 11 is 0. The second-order valence-electron chi connectivity index (χ2n) is 3.93. The van der Waals surface area contributed by atoms with Crippen molar-refractivity contribution in [3.05, 3.63) is 46.6 Å². The molecule has 2 rings (SSSR count). The average Bonchev–Trinajstić information content (AvgIpc) is 2.37. The molecule has 102 valence electrons. The Morgan fingerprint density at radius 1 is 1.30 bits per heavy atom. The summed E-state index contributed by atoms with van der Waals surface area (Å²) in [6, 6.07) is 7.24. The number of rotatable bonds is 3. The van der Waals surface area contributed by atoms with E-state index in [1.165, 1.54) is 24.4 Å². The molecule has 0 fully saturated rings. The molecule has 8 nitrogen and oxygen atoms in total. The molecular formula is C12H10N4O4. The number of non-ortho nitro benzene ring substituents is 1. The minimum Gasteiger partial charge on any atom is -0.465 e. The Bertz CT molecular complexity index is 687. The first-order valence-electron chi connectivity index (χ1n) is 5.47. The van der Waals surface area contributed by atoms with Gasteiger partial charge < -0.3 is 10.8 Å². The molecule has 0 saturated carbocycles. The molecule has 1 aromatic heterocycles. The number of nitro groups is 1. The number of pyridine rings is 1. The highest BCUT2D eigenvalue weighted by Crippen LogP contribution is 2.28. The van der Waals surface area contributed by atoms with Gasteiger partial charge in [-0.15, -0.1) is 0 Å². The van der Waals surface area contributed by atoms with Gasteiger partial charge in [0, 0.05) is 24.0 Å². The molecular weight excluding hydrogens is 264 g/mol. The largest absolute Gasteiger partial charge is 0.465 e. The number of nitrogen functional groups attached to an aromatic ring is 1. The number of carbonyl (C=O) groups is 1. The van der Waals surface area contributed by atoms with Crippen molar-refractivity contribution in [3.63, 3.8) is 0 Å². The van der Waals surface area contributed by atoms with Gasteiger partial charge in [0.05, 0.1) is 4.92 Å². The first kappa shape index (κ1) is 13.3. The summed E-state index contributed by atoms with van der Waals surface area (Å²) < 4.78 is 0. The van der Waals surface area contributed by atoms with Gasteiger partial charge in [-0.25, -0.2) is 9.78 Å². The third-order valence-corrected chi connectivity index (χ3v) is 2.48. The van der Waals surface area contributed by atoms with Crippen LogP contribution in [0.3, 0.4) is 0 Å². The Kier molecular flexibility index (Phi) is 3.47. The quantitative estimate of drug-likeness (QED) is 0.447. The minimum absolute atomic E-state index is 0.125. The van der Waals surface area contributed by atoms with Gasteiger partial charge in [0.1, 0.15) is 5.82 Å². The molecule has 1 amide bonds. The summed E-state index contributed by atoms with van der Waals surface area (Å²) in [5.41, 5.74) is 6.81. The predicted molar refractivity (Wildman–Crippen MR) is 72.4 cm³/mol. The van der Waals surface area contributed by atoms with E-state index in [9.17, 15) is 14.9 Å². The standard InChI is InChI=1S/C12H10N4O4/c13-9-3-8(4-10(6-9)16(19)20)7-1-2-14-11(5-7)15-12(17)18/h1-6H,13H2,(H,14,15)(H,17,18). The Hall–Kier alpha value is -3.16. The topological polar surface area (TPSA) is 131 Å². The zero-order valence-electron chi connectivity index (χ0n) is 10.1. The van der Waals surface area contributed by atoms with Gasteiger partial charge in [-0.1, -0.05) is 0 Å². The number of nitrogens with one attached hydrogen (secondary N) is 1. The van der Waals surface area contributed by atoms with E-state index in [0.717, 1.165) is 0 Å². The highest BCUT2D eigenvalue weighted by molar-refractivity contribution is 5.83. The van der Waals surface area contributed by atoms with E-state index in [1.807, 2.05) is 0 Å². The van der Waals surface area contributed by atoms with E-state index in [4.69, 9.17) is 10.8 Å². The second kappa shape index (κ2) is 5.22. The van der Waals surface area contributed by atoms with Crippen molar-refractivity contribution in [2.75, 3.05) is 11.1 Å². The van der Waals surface area contributed by atoms with Crippen LogP contribution >= 0.6 is 0 Å². The van der Waals surface area contributed by atoms with Crippen LogP contribution in [-0.4, -0.2) is 21.1 Å². The number of amides is 1. The number of aromatic nitrogens is 1. The van der Waals surface area contributed by atoms with Crippen molar-refractivity contribution in [2.24, 2.45) is 0 Å². The van der Waals surface area contributed by atoms with Crippen LogP contribution in [0, 0.1) is 10.1 Å². The Labute approximate surface area is 113 Å². The molecule has 0 radical (unpaired) electrons. The normalized spacial score (nSPS) is 10.0. The van der Waals surface area contributed by atoms with Gasteiger partial charge in [0.15, 0.2) is 0 Å². The molecule has 1 heterocycles. The first-order chi connectivity index (χ1) is 9.45. The van der Waals surface area contributed by atoms with E-state index >= 15 is 0 Å². The lowest BCUT2D eigenvalue weighted by Gasteiger charge is -2.05. The van der Waals surface area contributed by atoms with Crippen LogP contribution in [0.2, 0.25) is 0 Å². The molecule has 2 aromatic rings. The number of anilines is 2. The van der Waals surface area contributed by atoms with Crippen LogP contribution in [0.25, 0.3) is 11.1 Å². The number of carboxylic acid groups (broad SMARTS) is 1.